The SMILES string of the molecule is CCn1c(CN2CCCC(Nc3ccc4c(c3)OCO4)C2)nc2ccccc21. The fourth-order valence-corrected chi connectivity index (χ4v) is 4.34. The number of fused-ring (bicyclic) bond motifs is 2. The van der Waals surface area contributed by atoms with Gasteiger partial charge in [0.15, 0.2) is 11.5 Å². The van der Waals surface area contributed by atoms with Gasteiger partial charge in [-0.2, -0.15) is 0 Å². The number of para-hydroxylation sites is 2. The summed E-state index contributed by atoms with van der Waals surface area (Å²) < 4.78 is 13.2. The highest BCUT2D eigenvalue weighted by molar-refractivity contribution is 5.75. The Kier molecular flexibility index (Phi) is 4.56. The number of nitrogens with one attached hydrogen (secondary N) is 1. The molecule has 6 nitrogen and oxygen atoms in total. The molecule has 0 radical (unpaired) electrons. The van der Waals surface area contributed by atoms with Gasteiger partial charge in [-0.1, -0.05) is 12.1 Å². The second kappa shape index (κ2) is 7.36. The maximum absolute atomic E-state index is 5.50. The summed E-state index contributed by atoms with van der Waals surface area (Å²) in [6.07, 6.45) is 2.36. The number of aromatic nitrogens is 2. The van der Waals surface area contributed by atoms with E-state index in [0.717, 1.165) is 54.7 Å². The highest BCUT2D eigenvalue weighted by Crippen LogP contribution is 2.34. The Morgan fingerprint density at radius 3 is 2.96 bits per heavy atom. The van der Waals surface area contributed by atoms with Crippen LogP contribution in [0.5, 0.6) is 11.5 Å². The fraction of sp³-hybridized carbons (Fsp3) is 0.409. The van der Waals surface area contributed by atoms with Crippen molar-refractivity contribution in [1.82, 2.24) is 14.5 Å². The molecule has 3 heterocycles. The molecule has 1 unspecified atom stereocenters. The summed E-state index contributed by atoms with van der Waals surface area (Å²) in [4.78, 5) is 7.41. The number of imidazole rings is 1. The van der Waals surface area contributed by atoms with Crippen molar-refractivity contribution >= 4 is 16.7 Å². The summed E-state index contributed by atoms with van der Waals surface area (Å²) in [5.74, 6) is 2.82. The lowest BCUT2D eigenvalue weighted by atomic mass is 10.1. The van der Waals surface area contributed by atoms with Crippen molar-refractivity contribution in [1.29, 1.82) is 0 Å². The maximum Gasteiger partial charge on any atom is 0.231 e. The number of benzene rings is 2. The zero-order valence-electron chi connectivity index (χ0n) is 16.2. The molecule has 0 amide bonds. The molecule has 146 valence electrons. The van der Waals surface area contributed by atoms with Gasteiger partial charge in [0.1, 0.15) is 5.82 Å². The molecular formula is C22H26N4O2. The number of piperidine rings is 1. The van der Waals surface area contributed by atoms with Crippen LogP contribution in [0, 0.1) is 0 Å². The Morgan fingerprint density at radius 2 is 2.04 bits per heavy atom. The number of hydrogen-bond acceptors (Lipinski definition) is 5. The van der Waals surface area contributed by atoms with Crippen LogP contribution in [0.3, 0.4) is 0 Å². The molecular weight excluding hydrogens is 352 g/mol. The van der Waals surface area contributed by atoms with E-state index in [1.54, 1.807) is 0 Å². The molecule has 0 saturated carbocycles. The van der Waals surface area contributed by atoms with Gasteiger partial charge in [0.25, 0.3) is 0 Å². The van der Waals surface area contributed by atoms with Gasteiger partial charge in [0, 0.05) is 30.9 Å². The monoisotopic (exact) mass is 378 g/mol. The van der Waals surface area contributed by atoms with E-state index in [4.69, 9.17) is 14.5 Å². The Morgan fingerprint density at radius 1 is 1.14 bits per heavy atom. The molecule has 2 aliphatic rings. The molecule has 0 aliphatic carbocycles. The smallest absolute Gasteiger partial charge is 0.231 e. The van der Waals surface area contributed by atoms with Crippen LogP contribution < -0.4 is 14.8 Å². The molecule has 6 heteroatoms. The van der Waals surface area contributed by atoms with Crippen molar-refractivity contribution in [3.63, 3.8) is 0 Å². The van der Waals surface area contributed by atoms with E-state index >= 15 is 0 Å². The lowest BCUT2D eigenvalue weighted by Gasteiger charge is -2.33. The molecule has 28 heavy (non-hydrogen) atoms. The first-order valence-corrected chi connectivity index (χ1v) is 10.1. The van der Waals surface area contributed by atoms with Crippen molar-refractivity contribution in [3.05, 3.63) is 48.3 Å². The van der Waals surface area contributed by atoms with Crippen molar-refractivity contribution in [2.24, 2.45) is 0 Å². The minimum Gasteiger partial charge on any atom is -0.454 e. The first kappa shape index (κ1) is 17.4. The van der Waals surface area contributed by atoms with E-state index in [1.807, 2.05) is 12.1 Å². The predicted octanol–water partition coefficient (Wildman–Crippen LogP) is 3.86. The van der Waals surface area contributed by atoms with Crippen LogP contribution in [-0.4, -0.2) is 40.4 Å². The van der Waals surface area contributed by atoms with Gasteiger partial charge < -0.3 is 19.4 Å². The molecule has 1 N–H and O–H groups in total. The van der Waals surface area contributed by atoms with E-state index in [2.05, 4.69) is 52.0 Å². The number of hydrogen-bond donors (Lipinski definition) is 1. The lowest BCUT2D eigenvalue weighted by Crippen LogP contribution is -2.42. The molecule has 1 aromatic heterocycles. The summed E-state index contributed by atoms with van der Waals surface area (Å²) in [7, 11) is 0. The molecule has 0 bridgehead atoms. The summed E-state index contributed by atoms with van der Waals surface area (Å²) in [6.45, 7) is 6.48. The Labute approximate surface area is 165 Å². The number of rotatable bonds is 5. The summed E-state index contributed by atoms with van der Waals surface area (Å²) in [5.41, 5.74) is 3.41. The van der Waals surface area contributed by atoms with Crippen LogP contribution in [0.15, 0.2) is 42.5 Å². The normalized spacial score (nSPS) is 19.2. The van der Waals surface area contributed by atoms with E-state index in [1.165, 1.54) is 18.4 Å². The summed E-state index contributed by atoms with van der Waals surface area (Å²) in [6, 6.07) is 14.9. The van der Waals surface area contributed by atoms with Crippen LogP contribution in [0.4, 0.5) is 5.69 Å². The van der Waals surface area contributed by atoms with Gasteiger partial charge in [0.05, 0.1) is 17.6 Å². The lowest BCUT2D eigenvalue weighted by molar-refractivity contribution is 0.174. The van der Waals surface area contributed by atoms with Gasteiger partial charge in [0.2, 0.25) is 6.79 Å². The Bertz CT molecular complexity index is 984. The van der Waals surface area contributed by atoms with Crippen molar-refractivity contribution in [2.45, 2.75) is 38.9 Å². The topological polar surface area (TPSA) is 51.5 Å². The molecule has 2 aromatic carbocycles. The minimum absolute atomic E-state index is 0.314. The molecule has 5 rings (SSSR count). The molecule has 1 fully saturated rings. The second-order valence-corrected chi connectivity index (χ2v) is 7.55. The van der Waals surface area contributed by atoms with Crippen LogP contribution in [0.25, 0.3) is 11.0 Å². The number of nitrogens with zero attached hydrogens (tertiary/aromatic N) is 3. The highest BCUT2D eigenvalue weighted by atomic mass is 16.7. The minimum atomic E-state index is 0.314. The molecule has 1 saturated heterocycles. The fourth-order valence-electron chi connectivity index (χ4n) is 4.34. The van der Waals surface area contributed by atoms with Crippen molar-refractivity contribution in [2.75, 3.05) is 25.2 Å². The van der Waals surface area contributed by atoms with Crippen LogP contribution in [-0.2, 0) is 13.1 Å². The largest absolute Gasteiger partial charge is 0.454 e. The Balaban J connectivity index is 1.28. The Hall–Kier alpha value is -2.73. The highest BCUT2D eigenvalue weighted by Gasteiger charge is 2.22. The third kappa shape index (κ3) is 3.29. The van der Waals surface area contributed by atoms with Crippen molar-refractivity contribution in [3.8, 4) is 11.5 Å². The van der Waals surface area contributed by atoms with Crippen LogP contribution in [0.1, 0.15) is 25.6 Å². The first-order valence-electron chi connectivity index (χ1n) is 10.1. The van der Waals surface area contributed by atoms with E-state index in [9.17, 15) is 0 Å². The zero-order valence-corrected chi connectivity index (χ0v) is 16.2. The van der Waals surface area contributed by atoms with Gasteiger partial charge in [-0.25, -0.2) is 4.98 Å². The summed E-state index contributed by atoms with van der Waals surface area (Å²) >= 11 is 0. The van der Waals surface area contributed by atoms with Gasteiger partial charge in [-0.15, -0.1) is 0 Å². The number of aryl methyl sites for hydroxylation is 1. The average Bonchev–Trinajstić information content (AvgIpc) is 3.31. The van der Waals surface area contributed by atoms with Gasteiger partial charge >= 0.3 is 0 Å². The predicted molar refractivity (Wildman–Crippen MR) is 110 cm³/mol. The van der Waals surface area contributed by atoms with E-state index in [-0.39, 0.29) is 0 Å². The van der Waals surface area contributed by atoms with E-state index < -0.39 is 0 Å². The van der Waals surface area contributed by atoms with Crippen LogP contribution in [0.2, 0.25) is 0 Å². The molecule has 3 aromatic rings. The zero-order chi connectivity index (χ0) is 18.9. The first-order chi connectivity index (χ1) is 13.8. The number of ether oxygens (including phenoxy) is 2. The van der Waals surface area contributed by atoms with Gasteiger partial charge in [-0.05, 0) is 50.6 Å². The number of likely N-dealkylation sites (tertiary alicyclic amines) is 1. The standard InChI is InChI=1S/C22H26N4O2/c1-2-26-19-8-4-3-7-18(19)24-22(26)14-25-11-5-6-17(13-25)23-16-9-10-20-21(12-16)28-15-27-20/h3-4,7-10,12,17,23H,2,5-6,11,13-15H2,1H3. The van der Waals surface area contributed by atoms with E-state index in [0.29, 0.717) is 12.8 Å². The quantitative estimate of drug-likeness (QED) is 0.731. The van der Waals surface area contributed by atoms with Gasteiger partial charge in [-0.3, -0.25) is 4.90 Å². The number of anilines is 1. The second-order valence-electron chi connectivity index (χ2n) is 7.55. The molecule has 1 atom stereocenters. The average molecular weight is 378 g/mol. The maximum atomic E-state index is 5.50. The van der Waals surface area contributed by atoms with Crippen molar-refractivity contribution < 1.29 is 9.47 Å². The summed E-state index contributed by atoms with van der Waals surface area (Å²) in [5, 5.41) is 3.68. The third-order valence-electron chi connectivity index (χ3n) is 5.66. The van der Waals surface area contributed by atoms with Crippen LogP contribution >= 0.6 is 0 Å². The molecule has 2 aliphatic heterocycles. The third-order valence-corrected chi connectivity index (χ3v) is 5.66. The molecule has 0 spiro atoms.